The maximum atomic E-state index is 13.5. The van der Waals surface area contributed by atoms with Crippen LogP contribution in [-0.2, 0) is 33.2 Å². The van der Waals surface area contributed by atoms with Gasteiger partial charge in [-0.3, -0.25) is 4.79 Å². The van der Waals surface area contributed by atoms with Crippen LogP contribution in [0.25, 0.3) is 0 Å². The second-order valence-electron chi connectivity index (χ2n) is 31.3. The molecule has 3 fully saturated rings. The third-order valence-corrected chi connectivity index (χ3v) is 21.8. The van der Waals surface area contributed by atoms with Crippen LogP contribution in [0.4, 0.5) is 0 Å². The van der Waals surface area contributed by atoms with Gasteiger partial charge in [0.2, 0.25) is 5.91 Å². The summed E-state index contributed by atoms with van der Waals surface area (Å²) in [6.07, 6.45) is 64.8. The smallest absolute Gasteiger partial charge is 0.220 e. The van der Waals surface area contributed by atoms with Crippen molar-refractivity contribution < 1.29 is 89.4 Å². The fraction of sp³-hybridized carbons (Fsp3) is 0.854. The minimum Gasteiger partial charge on any atom is -0.394 e. The highest BCUT2D eigenvalue weighted by atomic mass is 16.8. The molecule has 3 heterocycles. The number of hydrogen-bond donors (Lipinski definition) is 12. The normalized spacial score (nSPS) is 25.7. The van der Waals surface area contributed by atoms with E-state index in [1.807, 2.05) is 6.08 Å². The summed E-state index contributed by atoms with van der Waals surface area (Å²) >= 11 is 0. The molecule has 1 amide bonds. The maximum Gasteiger partial charge on any atom is 0.220 e. The second-order valence-corrected chi connectivity index (χ2v) is 31.3. The van der Waals surface area contributed by atoms with Gasteiger partial charge in [0.15, 0.2) is 18.9 Å². The van der Waals surface area contributed by atoms with Gasteiger partial charge in [-0.25, -0.2) is 0 Å². The van der Waals surface area contributed by atoms with Gasteiger partial charge in [0, 0.05) is 6.42 Å². The van der Waals surface area contributed by atoms with Crippen molar-refractivity contribution in [1.29, 1.82) is 0 Å². The minimum absolute atomic E-state index is 0.246. The zero-order valence-electron chi connectivity index (χ0n) is 67.8. The van der Waals surface area contributed by atoms with E-state index in [2.05, 4.69) is 79.9 Å². The number of carbonyl (C=O) groups is 1. The summed E-state index contributed by atoms with van der Waals surface area (Å²) in [6, 6.07) is -0.975. The fourth-order valence-corrected chi connectivity index (χ4v) is 14.8. The lowest BCUT2D eigenvalue weighted by atomic mass is 9.96. The standard InChI is InChI=1S/C89H161NO18/c1-3-5-7-9-11-13-15-17-19-21-23-25-27-28-29-30-31-32-33-34-35-36-37-38-39-40-41-42-43-44-45-47-49-51-53-55-57-59-61-63-65-67-77(95)90-72(73(94)66-64-62-60-58-56-54-52-50-48-46-26-24-22-20-18-16-14-12-10-8-6-4-2)71-103-87-83(101)80(98)85(75(69-92)105-87)108-89-84(102)81(99)86(76(70-93)106-89)107-88-82(100)79(97)78(96)74(68-91)104-88/h5,7,11,13,17,19,23,25,28-29,64,66,72-76,78-89,91-94,96-102H,3-4,6,8-10,12,14-16,18,20-22,24,26-27,30-63,65,67-71H2,1-2H3,(H,90,95)/b7-5-,13-11-,19-17-,25-23-,29-28-,66-64+. The Kier molecular flexibility index (Phi) is 63.2. The quantitative estimate of drug-likeness (QED) is 0.0199. The molecule has 19 heteroatoms. The molecule has 17 unspecified atom stereocenters. The topological polar surface area (TPSA) is 307 Å². The SMILES string of the molecule is CC/C=C\C/C=C\C/C=C\C/C=C\C/C=C\CCCCCCCCCCCCCCCCCCCCCCCCCCCC(=O)NC(COC1OC(CO)C(OC2OC(CO)C(OC3OC(CO)C(O)C(O)C3O)C(O)C2O)C(O)C1O)C(O)/C=C/CCCCCCCCCCCCCCCCCCCCCC. The Morgan fingerprint density at radius 2 is 0.639 bits per heavy atom. The van der Waals surface area contributed by atoms with E-state index in [4.69, 9.17) is 28.4 Å². The highest BCUT2D eigenvalue weighted by Crippen LogP contribution is 2.33. The van der Waals surface area contributed by atoms with Gasteiger partial charge in [0.25, 0.3) is 0 Å². The van der Waals surface area contributed by atoms with Gasteiger partial charge in [-0.05, 0) is 64.2 Å². The molecular formula is C89H161NO18. The zero-order chi connectivity index (χ0) is 78.1. The lowest BCUT2D eigenvalue weighted by molar-refractivity contribution is -0.379. The van der Waals surface area contributed by atoms with E-state index in [9.17, 15) is 61.0 Å². The Bertz CT molecular complexity index is 2230. The van der Waals surface area contributed by atoms with Crippen LogP contribution in [0.1, 0.15) is 354 Å². The lowest BCUT2D eigenvalue weighted by Crippen LogP contribution is -2.66. The van der Waals surface area contributed by atoms with Crippen LogP contribution in [0.5, 0.6) is 0 Å². The first-order valence-electron chi connectivity index (χ1n) is 44.2. The van der Waals surface area contributed by atoms with Gasteiger partial charge >= 0.3 is 0 Å². The van der Waals surface area contributed by atoms with Crippen LogP contribution in [0.3, 0.4) is 0 Å². The number of aliphatic hydroxyl groups excluding tert-OH is 11. The van der Waals surface area contributed by atoms with Crippen LogP contribution in [0.15, 0.2) is 72.9 Å². The van der Waals surface area contributed by atoms with Gasteiger partial charge in [0.1, 0.15) is 73.2 Å². The molecule has 0 saturated carbocycles. The molecule has 3 saturated heterocycles. The number of rotatable bonds is 71. The van der Waals surface area contributed by atoms with Crippen LogP contribution in [0.2, 0.25) is 0 Å². The minimum atomic E-state index is -1.98. The molecule has 0 radical (unpaired) electrons. The molecule has 0 aromatic rings. The lowest BCUT2D eigenvalue weighted by Gasteiger charge is -2.48. The van der Waals surface area contributed by atoms with Gasteiger partial charge in [-0.15, -0.1) is 0 Å². The van der Waals surface area contributed by atoms with Gasteiger partial charge in [0.05, 0.1) is 38.6 Å². The van der Waals surface area contributed by atoms with E-state index in [0.717, 1.165) is 77.0 Å². The number of hydrogen-bond acceptors (Lipinski definition) is 18. The molecule has 0 aromatic carbocycles. The van der Waals surface area contributed by atoms with Crippen molar-refractivity contribution in [2.45, 2.75) is 458 Å². The van der Waals surface area contributed by atoms with Crippen molar-refractivity contribution in [2.24, 2.45) is 0 Å². The number of unbranched alkanes of at least 4 members (excludes halogenated alkanes) is 45. The van der Waals surface area contributed by atoms with E-state index >= 15 is 0 Å². The molecule has 3 aliphatic heterocycles. The Hall–Kier alpha value is -2.77. The first kappa shape index (κ1) is 99.4. The summed E-state index contributed by atoms with van der Waals surface area (Å²) in [5.41, 5.74) is 0. The third kappa shape index (κ3) is 47.2. The van der Waals surface area contributed by atoms with Crippen molar-refractivity contribution in [3.8, 4) is 0 Å². The third-order valence-electron chi connectivity index (χ3n) is 21.8. The predicted molar refractivity (Wildman–Crippen MR) is 434 cm³/mol. The number of aliphatic hydroxyl groups is 11. The first-order chi connectivity index (χ1) is 52.8. The highest BCUT2D eigenvalue weighted by molar-refractivity contribution is 5.76. The molecule has 630 valence electrons. The number of nitrogens with one attached hydrogen (secondary N) is 1. The molecule has 0 aromatic heterocycles. The summed E-state index contributed by atoms with van der Waals surface area (Å²) in [5, 5.41) is 121. The van der Waals surface area contributed by atoms with Crippen molar-refractivity contribution >= 4 is 5.91 Å². The van der Waals surface area contributed by atoms with Gasteiger partial charge < -0.3 is 89.9 Å². The summed E-state index contributed by atoms with van der Waals surface area (Å²) in [4.78, 5) is 13.5. The molecule has 3 aliphatic rings. The van der Waals surface area contributed by atoms with E-state index in [1.54, 1.807) is 6.08 Å². The molecule has 0 aliphatic carbocycles. The Labute approximate surface area is 655 Å². The van der Waals surface area contributed by atoms with Crippen LogP contribution in [0, 0.1) is 0 Å². The van der Waals surface area contributed by atoms with E-state index in [-0.39, 0.29) is 18.9 Å². The van der Waals surface area contributed by atoms with Crippen molar-refractivity contribution in [1.82, 2.24) is 5.32 Å². The molecule has 0 spiro atoms. The second kappa shape index (κ2) is 68.6. The fourth-order valence-electron chi connectivity index (χ4n) is 14.8. The molecule has 0 bridgehead atoms. The molecule has 19 nitrogen and oxygen atoms in total. The molecular weight excluding hydrogens is 1370 g/mol. The van der Waals surface area contributed by atoms with Gasteiger partial charge in [-0.1, -0.05) is 356 Å². The molecule has 12 N–H and O–H groups in total. The average Bonchev–Trinajstić information content (AvgIpc) is 0.787. The number of amides is 1. The number of ether oxygens (including phenoxy) is 6. The Morgan fingerprint density at radius 3 is 1.00 bits per heavy atom. The first-order valence-corrected chi connectivity index (χ1v) is 44.2. The molecule has 3 rings (SSSR count). The summed E-state index contributed by atoms with van der Waals surface area (Å²) in [5.74, 6) is -0.269. The maximum absolute atomic E-state index is 13.5. The predicted octanol–water partition coefficient (Wildman–Crippen LogP) is 16.3. The highest BCUT2D eigenvalue weighted by Gasteiger charge is 2.54. The summed E-state index contributed by atoms with van der Waals surface area (Å²) < 4.78 is 34.5. The van der Waals surface area contributed by atoms with Crippen LogP contribution in [-0.4, -0.2) is 193 Å². The van der Waals surface area contributed by atoms with E-state index in [1.165, 1.54) is 250 Å². The molecule has 17 atom stereocenters. The van der Waals surface area contributed by atoms with Crippen molar-refractivity contribution in [2.75, 3.05) is 26.4 Å². The largest absolute Gasteiger partial charge is 0.394 e. The van der Waals surface area contributed by atoms with Crippen LogP contribution < -0.4 is 5.32 Å². The van der Waals surface area contributed by atoms with Crippen molar-refractivity contribution in [3.05, 3.63) is 72.9 Å². The van der Waals surface area contributed by atoms with Gasteiger partial charge in [-0.2, -0.15) is 0 Å². The average molecular weight is 1530 g/mol. The number of carbonyl (C=O) groups excluding carboxylic acids is 1. The van der Waals surface area contributed by atoms with Crippen molar-refractivity contribution in [3.63, 3.8) is 0 Å². The van der Waals surface area contributed by atoms with Crippen LogP contribution >= 0.6 is 0 Å². The Balaban J connectivity index is 1.29. The zero-order valence-corrected chi connectivity index (χ0v) is 67.8. The Morgan fingerprint density at radius 1 is 0.343 bits per heavy atom. The summed E-state index contributed by atoms with van der Waals surface area (Å²) in [7, 11) is 0. The molecule has 108 heavy (non-hydrogen) atoms. The van der Waals surface area contributed by atoms with E-state index in [0.29, 0.717) is 6.42 Å². The summed E-state index contributed by atoms with van der Waals surface area (Å²) in [6.45, 7) is 1.67. The number of allylic oxidation sites excluding steroid dienone is 11. The monoisotopic (exact) mass is 1530 g/mol. The van der Waals surface area contributed by atoms with E-state index < -0.39 is 124 Å².